The predicted octanol–water partition coefficient (Wildman–Crippen LogP) is 4.34. The lowest BCUT2D eigenvalue weighted by molar-refractivity contribution is -0.191. The molecule has 1 heterocycles. The van der Waals surface area contributed by atoms with Crippen molar-refractivity contribution in [3.63, 3.8) is 0 Å². The van der Waals surface area contributed by atoms with E-state index in [2.05, 4.69) is 39.5 Å². The summed E-state index contributed by atoms with van der Waals surface area (Å²) in [5.41, 5.74) is 0.215. The first-order chi connectivity index (χ1) is 9.35. The van der Waals surface area contributed by atoms with E-state index in [-0.39, 0.29) is 11.0 Å². The van der Waals surface area contributed by atoms with Crippen molar-refractivity contribution in [3.8, 4) is 0 Å². The summed E-state index contributed by atoms with van der Waals surface area (Å²) in [6.07, 6.45) is 7.24. The summed E-state index contributed by atoms with van der Waals surface area (Å²) in [6, 6.07) is 0. The van der Waals surface area contributed by atoms with Gasteiger partial charge in [0.15, 0.2) is 0 Å². The molecule has 2 fully saturated rings. The van der Waals surface area contributed by atoms with Gasteiger partial charge in [0.1, 0.15) is 0 Å². The average molecular weight is 281 g/mol. The van der Waals surface area contributed by atoms with E-state index in [0.29, 0.717) is 5.92 Å². The van der Waals surface area contributed by atoms with Gasteiger partial charge in [0.05, 0.1) is 12.2 Å². The predicted molar refractivity (Wildman–Crippen MR) is 86.0 cm³/mol. The zero-order valence-corrected chi connectivity index (χ0v) is 14.4. The topological polar surface area (TPSA) is 12.5 Å². The fourth-order valence-corrected chi connectivity index (χ4v) is 4.37. The van der Waals surface area contributed by atoms with E-state index in [4.69, 9.17) is 4.74 Å². The number of rotatable bonds is 3. The molecule has 0 radical (unpaired) electrons. The second-order valence-corrected chi connectivity index (χ2v) is 8.38. The van der Waals surface area contributed by atoms with Crippen LogP contribution in [0.3, 0.4) is 0 Å². The van der Waals surface area contributed by atoms with Crippen molar-refractivity contribution in [2.75, 3.05) is 26.2 Å². The van der Waals surface area contributed by atoms with Crippen molar-refractivity contribution in [2.45, 2.75) is 72.3 Å². The number of morpholine rings is 1. The molecule has 0 N–H and O–H groups in total. The monoisotopic (exact) mass is 281 g/mol. The van der Waals surface area contributed by atoms with Crippen LogP contribution in [0.15, 0.2) is 0 Å². The third-order valence-corrected chi connectivity index (χ3v) is 5.67. The first-order valence-electron chi connectivity index (χ1n) is 8.71. The summed E-state index contributed by atoms with van der Waals surface area (Å²) < 4.78 is 6.37. The molecule has 1 aliphatic carbocycles. The highest BCUT2D eigenvalue weighted by molar-refractivity contribution is 4.99. The van der Waals surface area contributed by atoms with Crippen LogP contribution in [-0.4, -0.2) is 36.7 Å². The van der Waals surface area contributed by atoms with Crippen molar-refractivity contribution < 1.29 is 4.74 Å². The van der Waals surface area contributed by atoms with E-state index in [0.717, 1.165) is 25.6 Å². The number of nitrogens with zero attached hydrogens (tertiary/aromatic N) is 1. The maximum atomic E-state index is 6.37. The van der Waals surface area contributed by atoms with E-state index in [1.807, 2.05) is 0 Å². The highest BCUT2D eigenvalue weighted by Gasteiger charge is 2.48. The van der Waals surface area contributed by atoms with Crippen LogP contribution in [0.25, 0.3) is 0 Å². The van der Waals surface area contributed by atoms with Gasteiger partial charge in [-0.25, -0.2) is 0 Å². The molecule has 0 aromatic heterocycles. The van der Waals surface area contributed by atoms with Crippen molar-refractivity contribution in [2.24, 2.45) is 17.3 Å². The van der Waals surface area contributed by atoms with E-state index in [1.165, 1.54) is 38.6 Å². The molecule has 0 amide bonds. The fourth-order valence-electron chi connectivity index (χ4n) is 4.37. The summed E-state index contributed by atoms with van der Waals surface area (Å²) in [5.74, 6) is 1.50. The number of ether oxygens (including phenoxy) is 1. The summed E-state index contributed by atoms with van der Waals surface area (Å²) in [6.45, 7) is 16.1. The molecule has 0 aromatic rings. The highest BCUT2D eigenvalue weighted by Crippen LogP contribution is 2.42. The molecule has 1 aliphatic heterocycles. The quantitative estimate of drug-likeness (QED) is 0.763. The Kier molecular flexibility index (Phi) is 5.18. The van der Waals surface area contributed by atoms with Gasteiger partial charge < -0.3 is 4.74 Å². The smallest absolute Gasteiger partial charge is 0.0879 e. The minimum absolute atomic E-state index is 0.0138. The maximum Gasteiger partial charge on any atom is 0.0879 e. The molecule has 2 nitrogen and oxygen atoms in total. The van der Waals surface area contributed by atoms with Crippen LogP contribution >= 0.6 is 0 Å². The summed E-state index contributed by atoms with van der Waals surface area (Å²) in [7, 11) is 0. The lowest BCUT2D eigenvalue weighted by Gasteiger charge is -2.53. The number of hydrogen-bond acceptors (Lipinski definition) is 2. The largest absolute Gasteiger partial charge is 0.372 e. The maximum absolute atomic E-state index is 6.37. The Morgan fingerprint density at radius 3 is 2.35 bits per heavy atom. The minimum atomic E-state index is 0.0138. The summed E-state index contributed by atoms with van der Waals surface area (Å²) in [5, 5.41) is 0. The molecule has 20 heavy (non-hydrogen) atoms. The first-order valence-corrected chi connectivity index (χ1v) is 8.71. The van der Waals surface area contributed by atoms with Gasteiger partial charge >= 0.3 is 0 Å². The second-order valence-electron chi connectivity index (χ2n) is 8.38. The Labute approximate surface area is 126 Å². The Bertz CT molecular complexity index is 301. The molecular formula is C18H35NO. The van der Waals surface area contributed by atoms with Crippen LogP contribution in [0.1, 0.15) is 66.7 Å². The number of hydrogen-bond donors (Lipinski definition) is 0. The minimum Gasteiger partial charge on any atom is -0.372 e. The second kappa shape index (κ2) is 6.36. The zero-order chi connectivity index (χ0) is 14.8. The molecule has 1 saturated heterocycles. The van der Waals surface area contributed by atoms with Crippen molar-refractivity contribution in [3.05, 3.63) is 0 Å². The molecular weight excluding hydrogens is 246 g/mol. The first kappa shape index (κ1) is 16.3. The Morgan fingerprint density at radius 2 is 1.80 bits per heavy atom. The summed E-state index contributed by atoms with van der Waals surface area (Å²) in [4.78, 5) is 2.70. The molecule has 1 atom stereocenters. The Hall–Kier alpha value is -0.0800. The Balaban J connectivity index is 2.02. The normalized spacial score (nSPS) is 30.9. The molecule has 118 valence electrons. The molecule has 2 heteroatoms. The van der Waals surface area contributed by atoms with Gasteiger partial charge in [0.2, 0.25) is 0 Å². The molecule has 0 bridgehead atoms. The van der Waals surface area contributed by atoms with Crippen molar-refractivity contribution >= 4 is 0 Å². The lowest BCUT2D eigenvalue weighted by Crippen LogP contribution is -2.61. The molecule has 0 spiro atoms. The lowest BCUT2D eigenvalue weighted by atomic mass is 9.68. The molecule has 0 aromatic carbocycles. The van der Waals surface area contributed by atoms with Gasteiger partial charge in [-0.05, 0) is 30.1 Å². The van der Waals surface area contributed by atoms with Crippen LogP contribution in [-0.2, 0) is 4.74 Å². The molecule has 2 rings (SSSR count). The van der Waals surface area contributed by atoms with Gasteiger partial charge in [-0.1, -0.05) is 53.9 Å². The van der Waals surface area contributed by atoms with Crippen LogP contribution < -0.4 is 0 Å². The third-order valence-electron chi connectivity index (χ3n) is 5.67. The van der Waals surface area contributed by atoms with Gasteiger partial charge in [0, 0.05) is 19.6 Å². The van der Waals surface area contributed by atoms with E-state index in [1.54, 1.807) is 0 Å². The highest BCUT2D eigenvalue weighted by atomic mass is 16.5. The van der Waals surface area contributed by atoms with Crippen LogP contribution in [0.2, 0.25) is 0 Å². The molecule has 2 aliphatic rings. The zero-order valence-electron chi connectivity index (χ0n) is 14.4. The van der Waals surface area contributed by atoms with E-state index >= 15 is 0 Å². The summed E-state index contributed by atoms with van der Waals surface area (Å²) >= 11 is 0. The third kappa shape index (κ3) is 3.39. The van der Waals surface area contributed by atoms with Crippen LogP contribution in [0, 0.1) is 17.3 Å². The molecule has 1 unspecified atom stereocenters. The SMILES string of the molecule is CC(C)C1(C(C)(C)C)CN(CC2CCCCC2)CCO1. The molecule has 1 saturated carbocycles. The van der Waals surface area contributed by atoms with Gasteiger partial charge in [-0.2, -0.15) is 0 Å². The van der Waals surface area contributed by atoms with Crippen LogP contribution in [0.5, 0.6) is 0 Å². The van der Waals surface area contributed by atoms with E-state index in [9.17, 15) is 0 Å². The Morgan fingerprint density at radius 1 is 1.15 bits per heavy atom. The standard InChI is InChI=1S/C18H35NO/c1-15(2)18(17(3,4)5)14-19(11-12-20-18)13-16-9-7-6-8-10-16/h15-16H,6-14H2,1-5H3. The van der Waals surface area contributed by atoms with Crippen molar-refractivity contribution in [1.29, 1.82) is 0 Å². The van der Waals surface area contributed by atoms with Gasteiger partial charge in [-0.15, -0.1) is 0 Å². The van der Waals surface area contributed by atoms with E-state index < -0.39 is 0 Å². The van der Waals surface area contributed by atoms with Crippen molar-refractivity contribution in [1.82, 2.24) is 4.90 Å². The van der Waals surface area contributed by atoms with Gasteiger partial charge in [0.25, 0.3) is 0 Å². The fraction of sp³-hybridized carbons (Fsp3) is 1.00. The average Bonchev–Trinajstić information content (AvgIpc) is 2.38. The van der Waals surface area contributed by atoms with Gasteiger partial charge in [-0.3, -0.25) is 4.90 Å². The van der Waals surface area contributed by atoms with Crippen LogP contribution in [0.4, 0.5) is 0 Å².